The fraction of sp³-hybridized carbons (Fsp3) is 0.261. The number of amides is 1. The zero-order chi connectivity index (χ0) is 24.0. The van der Waals surface area contributed by atoms with Crippen molar-refractivity contribution in [3.8, 4) is 0 Å². The molecule has 0 aliphatic heterocycles. The number of fused-ring (bicyclic) bond motifs is 1. The maximum Gasteiger partial charge on any atom is 0.345 e. The second kappa shape index (κ2) is 10.9. The number of rotatable bonds is 10. The first kappa shape index (κ1) is 24.1. The Bertz CT molecular complexity index is 1230. The van der Waals surface area contributed by atoms with Crippen molar-refractivity contribution in [2.45, 2.75) is 41.6 Å². The first-order valence-corrected chi connectivity index (χ1v) is 11.1. The van der Waals surface area contributed by atoms with Gasteiger partial charge in [-0.25, -0.2) is 14.2 Å². The Balaban J connectivity index is 1.92. The lowest BCUT2D eigenvalue weighted by molar-refractivity contribution is -0.353. The van der Waals surface area contributed by atoms with Crippen molar-refractivity contribution in [1.29, 1.82) is 0 Å². The quantitative estimate of drug-likeness (QED) is 0.468. The molecule has 1 aromatic heterocycles. The molecule has 2 aromatic carbocycles. The van der Waals surface area contributed by atoms with Crippen LogP contribution in [-0.4, -0.2) is 40.0 Å². The number of ketones is 1. The van der Waals surface area contributed by atoms with Crippen LogP contribution in [0.3, 0.4) is 0 Å². The second-order valence-corrected chi connectivity index (χ2v) is 8.44. The number of halogens is 1. The summed E-state index contributed by atoms with van der Waals surface area (Å²) in [7, 11) is 0. The van der Waals surface area contributed by atoms with Gasteiger partial charge in [-0.15, -0.1) is 0 Å². The van der Waals surface area contributed by atoms with Crippen molar-refractivity contribution in [3.05, 3.63) is 65.2 Å². The van der Waals surface area contributed by atoms with Crippen molar-refractivity contribution in [1.82, 2.24) is 9.88 Å². The number of carboxylic acids is 1. The maximum atomic E-state index is 13.2. The molecule has 1 unspecified atom stereocenters. The summed E-state index contributed by atoms with van der Waals surface area (Å²) in [5.74, 6) is -3.13. The number of nitrogens with zero attached hydrogens (tertiary/aromatic N) is 1. The molecule has 0 saturated heterocycles. The molecule has 10 heteroatoms. The minimum absolute atomic E-state index is 0.188. The summed E-state index contributed by atoms with van der Waals surface area (Å²) in [6.45, 7) is 0.270. The Morgan fingerprint density at radius 1 is 1.15 bits per heavy atom. The molecule has 0 spiro atoms. The van der Waals surface area contributed by atoms with Gasteiger partial charge in [0.15, 0.2) is 11.8 Å². The van der Waals surface area contributed by atoms with E-state index in [1.165, 1.54) is 22.7 Å². The molecule has 1 amide bonds. The number of hydrogen-bond acceptors (Lipinski definition) is 5. The Hall–Kier alpha value is -3.53. The van der Waals surface area contributed by atoms with Gasteiger partial charge >= 0.3 is 11.5 Å². The molecule has 0 radical (unpaired) electrons. The van der Waals surface area contributed by atoms with Crippen LogP contribution in [0.1, 0.15) is 25.8 Å². The Labute approximate surface area is 192 Å². The molecule has 2 atom stereocenters. The SMILES string of the molecule is CC[C@@H](C(=O)NC(CC(=O)O)C(=O)CF)n1c[nH+]c2ccc(Sc3ccccc3)cc2c1=O. The fourth-order valence-electron chi connectivity index (χ4n) is 3.37. The summed E-state index contributed by atoms with van der Waals surface area (Å²) < 4.78 is 14.0. The van der Waals surface area contributed by atoms with Crippen LogP contribution in [0.15, 0.2) is 69.4 Å². The van der Waals surface area contributed by atoms with Gasteiger partial charge in [-0.05, 0) is 36.8 Å². The molecule has 3 N–H and O–H groups in total. The molecular weight excluding hydrogens is 449 g/mol. The molecule has 3 aromatic rings. The summed E-state index contributed by atoms with van der Waals surface area (Å²) in [4.78, 5) is 53.6. The summed E-state index contributed by atoms with van der Waals surface area (Å²) in [6.07, 6.45) is 0.808. The third-order valence-electron chi connectivity index (χ3n) is 5.03. The van der Waals surface area contributed by atoms with E-state index in [-0.39, 0.29) is 6.42 Å². The van der Waals surface area contributed by atoms with Gasteiger partial charge < -0.3 is 10.4 Å². The summed E-state index contributed by atoms with van der Waals surface area (Å²) in [5, 5.41) is 11.6. The third-order valence-corrected chi connectivity index (χ3v) is 6.03. The van der Waals surface area contributed by atoms with Gasteiger partial charge in [-0.2, -0.15) is 4.57 Å². The lowest BCUT2D eigenvalue weighted by Gasteiger charge is -2.18. The largest absolute Gasteiger partial charge is 0.481 e. The Morgan fingerprint density at radius 3 is 2.52 bits per heavy atom. The Kier molecular flexibility index (Phi) is 7.94. The molecule has 0 bridgehead atoms. The van der Waals surface area contributed by atoms with Gasteiger partial charge in [-0.1, -0.05) is 36.9 Å². The van der Waals surface area contributed by atoms with Crippen molar-refractivity contribution in [2.75, 3.05) is 6.67 Å². The highest BCUT2D eigenvalue weighted by Crippen LogP contribution is 2.28. The van der Waals surface area contributed by atoms with Crippen LogP contribution in [0, 0.1) is 0 Å². The maximum absolute atomic E-state index is 13.2. The van der Waals surface area contributed by atoms with Crippen LogP contribution in [0.5, 0.6) is 0 Å². The number of carboxylic acid groups (broad SMARTS) is 1. The molecule has 0 aliphatic rings. The summed E-state index contributed by atoms with van der Waals surface area (Å²) in [5.41, 5.74) is 0.160. The molecule has 0 aliphatic carbocycles. The molecule has 3 rings (SSSR count). The number of aromatic amines is 1. The van der Waals surface area contributed by atoms with E-state index in [0.717, 1.165) is 9.79 Å². The average molecular weight is 473 g/mol. The number of carbonyl (C=O) groups excluding carboxylic acids is 2. The zero-order valence-corrected chi connectivity index (χ0v) is 18.6. The van der Waals surface area contributed by atoms with Crippen molar-refractivity contribution >= 4 is 40.3 Å². The lowest BCUT2D eigenvalue weighted by atomic mass is 10.1. The molecular formula is C23H23FN3O5S+. The van der Waals surface area contributed by atoms with Gasteiger partial charge in [0.2, 0.25) is 6.33 Å². The van der Waals surface area contributed by atoms with Crippen LogP contribution < -0.4 is 15.9 Å². The van der Waals surface area contributed by atoms with Gasteiger partial charge in [0.05, 0.1) is 6.42 Å². The predicted molar refractivity (Wildman–Crippen MR) is 120 cm³/mol. The van der Waals surface area contributed by atoms with Crippen LogP contribution in [0.2, 0.25) is 0 Å². The predicted octanol–water partition coefficient (Wildman–Crippen LogP) is 2.42. The number of aromatic nitrogens is 2. The van der Waals surface area contributed by atoms with Crippen LogP contribution in [0.4, 0.5) is 4.39 Å². The van der Waals surface area contributed by atoms with Gasteiger partial charge in [0.25, 0.3) is 5.91 Å². The number of benzene rings is 2. The third kappa shape index (κ3) is 5.83. The lowest BCUT2D eigenvalue weighted by Crippen LogP contribution is -2.47. The van der Waals surface area contributed by atoms with Crippen molar-refractivity contribution < 1.29 is 28.9 Å². The first-order chi connectivity index (χ1) is 15.8. The first-order valence-electron chi connectivity index (χ1n) is 10.2. The van der Waals surface area contributed by atoms with Crippen LogP contribution in [0.25, 0.3) is 10.9 Å². The number of carbonyl (C=O) groups is 3. The van der Waals surface area contributed by atoms with E-state index in [2.05, 4.69) is 10.3 Å². The van der Waals surface area contributed by atoms with Gasteiger partial charge in [-0.3, -0.25) is 14.4 Å². The van der Waals surface area contributed by atoms with E-state index in [4.69, 9.17) is 5.11 Å². The minimum atomic E-state index is -1.51. The van der Waals surface area contributed by atoms with E-state index in [9.17, 15) is 23.6 Å². The highest BCUT2D eigenvalue weighted by atomic mass is 32.2. The minimum Gasteiger partial charge on any atom is -0.481 e. The normalized spacial score (nSPS) is 12.8. The monoisotopic (exact) mass is 472 g/mol. The smallest absolute Gasteiger partial charge is 0.345 e. The fourth-order valence-corrected chi connectivity index (χ4v) is 4.25. The van der Waals surface area contributed by atoms with E-state index in [0.29, 0.717) is 10.9 Å². The van der Waals surface area contributed by atoms with E-state index < -0.39 is 48.4 Å². The molecule has 8 nitrogen and oxygen atoms in total. The number of alkyl halides is 1. The van der Waals surface area contributed by atoms with Crippen molar-refractivity contribution in [3.63, 3.8) is 0 Å². The Morgan fingerprint density at radius 2 is 1.88 bits per heavy atom. The highest BCUT2D eigenvalue weighted by Gasteiger charge is 2.31. The number of H-pyrrole nitrogens is 1. The second-order valence-electron chi connectivity index (χ2n) is 7.29. The van der Waals surface area contributed by atoms with Crippen LogP contribution >= 0.6 is 11.8 Å². The number of aliphatic carboxylic acids is 1. The number of Topliss-reactive ketones (excluding diaryl/α,β-unsaturated/α-hetero) is 1. The summed E-state index contributed by atoms with van der Waals surface area (Å²) >= 11 is 1.49. The molecule has 172 valence electrons. The molecule has 1 heterocycles. The van der Waals surface area contributed by atoms with Crippen molar-refractivity contribution in [2.24, 2.45) is 0 Å². The molecule has 0 saturated carbocycles. The zero-order valence-electron chi connectivity index (χ0n) is 17.8. The topological polar surface area (TPSA) is 120 Å². The number of hydrogen-bond donors (Lipinski definition) is 2. The standard InChI is InChI=1S/C23H22FN3O5S/c1-2-19(22(31)26-18(11-21(29)30)20(28)12-24)27-13-25-17-9-8-15(10-16(17)23(27)32)33-14-6-4-3-5-7-14/h3-10,13,18-19H,2,11-12H2,1H3,(H,26,31)(H,29,30)/p+1/t18?,19-/m0/s1. The van der Waals surface area contributed by atoms with E-state index in [1.807, 2.05) is 36.4 Å². The molecule has 33 heavy (non-hydrogen) atoms. The van der Waals surface area contributed by atoms with Gasteiger partial charge in [0, 0.05) is 9.79 Å². The molecule has 0 fully saturated rings. The highest BCUT2D eigenvalue weighted by molar-refractivity contribution is 7.99. The summed E-state index contributed by atoms with van der Waals surface area (Å²) in [6, 6.07) is 12.5. The van der Waals surface area contributed by atoms with Crippen LogP contribution in [-0.2, 0) is 14.4 Å². The van der Waals surface area contributed by atoms with E-state index >= 15 is 0 Å². The number of nitrogens with one attached hydrogen (secondary N) is 2. The van der Waals surface area contributed by atoms with E-state index in [1.54, 1.807) is 19.1 Å². The average Bonchev–Trinajstić information content (AvgIpc) is 2.80. The van der Waals surface area contributed by atoms with Gasteiger partial charge in [0.1, 0.15) is 23.6 Å².